The van der Waals surface area contributed by atoms with Gasteiger partial charge in [-0.25, -0.2) is 14.3 Å². The third-order valence-corrected chi connectivity index (χ3v) is 5.31. The van der Waals surface area contributed by atoms with Crippen molar-refractivity contribution in [1.29, 1.82) is 0 Å². The van der Waals surface area contributed by atoms with Crippen molar-refractivity contribution in [3.05, 3.63) is 76.3 Å². The molecule has 0 aliphatic carbocycles. The van der Waals surface area contributed by atoms with E-state index in [1.165, 1.54) is 0 Å². The summed E-state index contributed by atoms with van der Waals surface area (Å²) in [6.07, 6.45) is 1.54. The van der Waals surface area contributed by atoms with Gasteiger partial charge in [0.2, 0.25) is 0 Å². The van der Waals surface area contributed by atoms with Gasteiger partial charge >= 0.3 is 11.7 Å². The van der Waals surface area contributed by atoms with Crippen molar-refractivity contribution >= 4 is 33.8 Å². The van der Waals surface area contributed by atoms with Crippen LogP contribution >= 0.6 is 11.6 Å². The lowest BCUT2D eigenvalue weighted by atomic mass is 10.3. The normalized spacial score (nSPS) is 11.4. The maximum absolute atomic E-state index is 12.9. The van der Waals surface area contributed by atoms with Crippen molar-refractivity contribution in [2.75, 3.05) is 0 Å². The first-order valence-electron chi connectivity index (χ1n) is 9.53. The molecule has 0 bridgehead atoms. The summed E-state index contributed by atoms with van der Waals surface area (Å²) in [7, 11) is 1.91. The fourth-order valence-electron chi connectivity index (χ4n) is 3.63. The van der Waals surface area contributed by atoms with E-state index in [1.807, 2.05) is 67.1 Å². The highest BCUT2D eigenvalue weighted by atomic mass is 35.5. The summed E-state index contributed by atoms with van der Waals surface area (Å²) >= 11 is 6.08. The highest BCUT2D eigenvalue weighted by Gasteiger charge is 2.16. The highest BCUT2D eigenvalue weighted by molar-refractivity contribution is 6.31. The summed E-state index contributed by atoms with van der Waals surface area (Å²) < 4.78 is 11.1. The van der Waals surface area contributed by atoms with Crippen molar-refractivity contribution in [1.82, 2.24) is 23.7 Å². The summed E-state index contributed by atoms with van der Waals surface area (Å²) in [4.78, 5) is 21.9. The fourth-order valence-corrected chi connectivity index (χ4v) is 3.78. The first kappa shape index (κ1) is 18.4. The maximum atomic E-state index is 12.9. The van der Waals surface area contributed by atoms with Crippen molar-refractivity contribution in [2.45, 2.75) is 13.5 Å². The average Bonchev–Trinajstić information content (AvgIpc) is 3.21. The topological polar surface area (TPSA) is 66.9 Å². The molecule has 5 aromatic rings. The largest absolute Gasteiger partial charge is 0.425 e. The van der Waals surface area contributed by atoms with Crippen LogP contribution in [0.5, 0.6) is 11.8 Å². The molecule has 0 aliphatic rings. The second-order valence-electron chi connectivity index (χ2n) is 6.90. The number of rotatable bonds is 4. The minimum atomic E-state index is -0.161. The zero-order valence-electron chi connectivity index (χ0n) is 16.4. The molecule has 0 spiro atoms. The molecule has 3 aromatic heterocycles. The van der Waals surface area contributed by atoms with Gasteiger partial charge < -0.3 is 4.74 Å². The van der Waals surface area contributed by atoms with Crippen LogP contribution in [0.15, 0.2) is 65.6 Å². The lowest BCUT2D eigenvalue weighted by Gasteiger charge is -2.07. The molecule has 0 radical (unpaired) electrons. The highest BCUT2D eigenvalue weighted by Crippen LogP contribution is 2.26. The number of halogens is 1. The summed E-state index contributed by atoms with van der Waals surface area (Å²) in [6, 6.07) is 17.4. The summed E-state index contributed by atoms with van der Waals surface area (Å²) in [5.41, 5.74) is 3.67. The van der Waals surface area contributed by atoms with Crippen molar-refractivity contribution in [3.63, 3.8) is 0 Å². The van der Waals surface area contributed by atoms with Gasteiger partial charge in [-0.2, -0.15) is 4.98 Å². The zero-order chi connectivity index (χ0) is 20.8. The molecule has 0 atom stereocenters. The number of aryl methyl sites for hydroxylation is 2. The van der Waals surface area contributed by atoms with E-state index in [0.717, 1.165) is 11.0 Å². The van der Waals surface area contributed by atoms with Gasteiger partial charge in [0.25, 0.3) is 0 Å². The van der Waals surface area contributed by atoms with Crippen molar-refractivity contribution < 1.29 is 4.74 Å². The molecule has 0 fully saturated rings. The van der Waals surface area contributed by atoms with E-state index >= 15 is 0 Å². The van der Waals surface area contributed by atoms with Crippen LogP contribution in [0.4, 0.5) is 0 Å². The molecule has 0 saturated heterocycles. The van der Waals surface area contributed by atoms with Gasteiger partial charge in [-0.15, -0.1) is 0 Å². The molecular formula is C22H18ClN5O2. The molecule has 0 aliphatic heterocycles. The van der Waals surface area contributed by atoms with Crippen LogP contribution in [0, 0.1) is 0 Å². The third kappa shape index (κ3) is 2.86. The maximum Gasteiger partial charge on any atom is 0.334 e. The van der Waals surface area contributed by atoms with Gasteiger partial charge in [0, 0.05) is 19.8 Å². The predicted octanol–water partition coefficient (Wildman–Crippen LogP) is 4.54. The number of imidazole rings is 2. The first-order valence-corrected chi connectivity index (χ1v) is 9.91. The predicted molar refractivity (Wildman–Crippen MR) is 117 cm³/mol. The van der Waals surface area contributed by atoms with E-state index in [0.29, 0.717) is 40.2 Å². The average molecular weight is 420 g/mol. The zero-order valence-corrected chi connectivity index (χ0v) is 17.2. The van der Waals surface area contributed by atoms with Crippen molar-refractivity contribution in [2.24, 2.45) is 7.05 Å². The number of aromatic nitrogens is 5. The number of nitrogens with zero attached hydrogens (tertiary/aromatic N) is 5. The van der Waals surface area contributed by atoms with Gasteiger partial charge in [0.05, 0.1) is 27.3 Å². The van der Waals surface area contributed by atoms with Crippen LogP contribution in [0.2, 0.25) is 5.02 Å². The number of hydrogen-bond acceptors (Lipinski definition) is 4. The summed E-state index contributed by atoms with van der Waals surface area (Å²) in [5.74, 6) is 0.625. The molecule has 8 heteroatoms. The SMILES string of the molecule is CCn1c(=O)n(-c2ccc(Oc3nc4ccccc4n3C)cc2)c2ncc(Cl)cc21. The number of benzene rings is 2. The molecule has 0 unspecified atom stereocenters. The molecule has 0 amide bonds. The Balaban J connectivity index is 1.53. The van der Waals surface area contributed by atoms with Crippen LogP contribution in [-0.4, -0.2) is 23.7 Å². The fraction of sp³-hybridized carbons (Fsp3) is 0.136. The van der Waals surface area contributed by atoms with Crippen LogP contribution in [0.1, 0.15) is 6.92 Å². The lowest BCUT2D eigenvalue weighted by Crippen LogP contribution is -2.22. The number of fused-ring (bicyclic) bond motifs is 2. The van der Waals surface area contributed by atoms with E-state index in [4.69, 9.17) is 16.3 Å². The molecular weight excluding hydrogens is 402 g/mol. The Kier molecular flexibility index (Phi) is 4.33. The molecule has 30 heavy (non-hydrogen) atoms. The van der Waals surface area contributed by atoms with Crippen molar-refractivity contribution in [3.8, 4) is 17.4 Å². The second kappa shape index (κ2) is 7.03. The molecule has 2 aromatic carbocycles. The molecule has 5 rings (SSSR count). The minimum absolute atomic E-state index is 0.161. The monoisotopic (exact) mass is 419 g/mol. The summed E-state index contributed by atoms with van der Waals surface area (Å²) in [6.45, 7) is 2.44. The Labute approximate surface area is 176 Å². The Morgan fingerprint density at radius 1 is 1.07 bits per heavy atom. The van der Waals surface area contributed by atoms with Crippen LogP contribution in [0.25, 0.3) is 27.9 Å². The van der Waals surface area contributed by atoms with E-state index in [1.54, 1.807) is 21.4 Å². The van der Waals surface area contributed by atoms with Crippen LogP contribution in [-0.2, 0) is 13.6 Å². The molecule has 0 N–H and O–H groups in total. The quantitative estimate of drug-likeness (QED) is 0.429. The van der Waals surface area contributed by atoms with Gasteiger partial charge in [-0.3, -0.25) is 9.13 Å². The Morgan fingerprint density at radius 3 is 2.57 bits per heavy atom. The van der Waals surface area contributed by atoms with Crippen LogP contribution < -0.4 is 10.4 Å². The first-order chi connectivity index (χ1) is 14.6. The summed E-state index contributed by atoms with van der Waals surface area (Å²) in [5, 5.41) is 0.494. The minimum Gasteiger partial charge on any atom is -0.425 e. The number of ether oxygens (including phenoxy) is 1. The Hall–Kier alpha value is -3.58. The van der Waals surface area contributed by atoms with Crippen LogP contribution in [0.3, 0.4) is 0 Å². The molecule has 150 valence electrons. The van der Waals surface area contributed by atoms with Gasteiger partial charge in [0.1, 0.15) is 5.75 Å². The van der Waals surface area contributed by atoms with Gasteiger partial charge in [0.15, 0.2) is 5.65 Å². The Morgan fingerprint density at radius 2 is 1.83 bits per heavy atom. The third-order valence-electron chi connectivity index (χ3n) is 5.11. The van der Waals surface area contributed by atoms with E-state index in [-0.39, 0.29) is 5.69 Å². The molecule has 0 saturated carbocycles. The Bertz CT molecular complexity index is 1450. The van der Waals surface area contributed by atoms with E-state index in [2.05, 4.69) is 9.97 Å². The smallest absolute Gasteiger partial charge is 0.334 e. The number of para-hydroxylation sites is 2. The van der Waals surface area contributed by atoms with E-state index < -0.39 is 0 Å². The molecule has 7 nitrogen and oxygen atoms in total. The number of hydrogen-bond donors (Lipinski definition) is 0. The number of pyridine rings is 1. The second-order valence-corrected chi connectivity index (χ2v) is 7.33. The van der Waals surface area contributed by atoms with E-state index in [9.17, 15) is 4.79 Å². The van der Waals surface area contributed by atoms with Gasteiger partial charge in [-0.1, -0.05) is 23.7 Å². The lowest BCUT2D eigenvalue weighted by molar-refractivity contribution is 0.428. The molecule has 3 heterocycles. The standard InChI is InChI=1S/C22H18ClN5O2/c1-3-27-19-12-14(23)13-24-20(19)28(22(27)29)15-8-10-16(11-9-15)30-21-25-17-6-4-5-7-18(17)26(21)2/h4-13H,3H2,1-2H3. The van der Waals surface area contributed by atoms with Gasteiger partial charge in [-0.05, 0) is 49.4 Å².